The van der Waals surface area contributed by atoms with Crippen LogP contribution in [0, 0.1) is 0 Å². The molecular weight excluding hydrogens is 214 g/mol. The third-order valence-electron chi connectivity index (χ3n) is 2.50. The highest BCUT2D eigenvalue weighted by atomic mass is 35.5. The van der Waals surface area contributed by atoms with Crippen molar-refractivity contribution in [3.8, 4) is 0 Å². The first-order chi connectivity index (χ1) is 6.77. The SMILES string of the molecule is C[C@H](NC1CSC1)c1ccccc1Cl. The first-order valence-electron chi connectivity index (χ1n) is 4.85. The average molecular weight is 228 g/mol. The highest BCUT2D eigenvalue weighted by molar-refractivity contribution is 8.00. The highest BCUT2D eigenvalue weighted by Crippen LogP contribution is 2.25. The molecule has 1 fully saturated rings. The van der Waals surface area contributed by atoms with Crippen LogP contribution in [0.2, 0.25) is 5.02 Å². The highest BCUT2D eigenvalue weighted by Gasteiger charge is 2.20. The topological polar surface area (TPSA) is 12.0 Å². The van der Waals surface area contributed by atoms with Crippen molar-refractivity contribution in [2.75, 3.05) is 11.5 Å². The molecule has 0 aromatic heterocycles. The molecule has 1 saturated heterocycles. The molecule has 1 aliphatic heterocycles. The predicted octanol–water partition coefficient (Wildman–Crippen LogP) is 3.11. The molecule has 0 aliphatic carbocycles. The zero-order valence-corrected chi connectivity index (χ0v) is 9.74. The monoisotopic (exact) mass is 227 g/mol. The van der Waals surface area contributed by atoms with Crippen molar-refractivity contribution in [3.63, 3.8) is 0 Å². The van der Waals surface area contributed by atoms with Gasteiger partial charge in [0.1, 0.15) is 0 Å². The number of thioether (sulfide) groups is 1. The van der Waals surface area contributed by atoms with Gasteiger partial charge in [-0.2, -0.15) is 11.8 Å². The van der Waals surface area contributed by atoms with E-state index in [1.54, 1.807) is 0 Å². The van der Waals surface area contributed by atoms with E-state index in [-0.39, 0.29) is 0 Å². The second-order valence-electron chi connectivity index (χ2n) is 3.64. The number of nitrogens with one attached hydrogen (secondary N) is 1. The zero-order chi connectivity index (χ0) is 9.97. The molecule has 1 N–H and O–H groups in total. The third kappa shape index (κ3) is 2.25. The third-order valence-corrected chi connectivity index (χ3v) is 4.12. The lowest BCUT2D eigenvalue weighted by molar-refractivity contribution is 0.503. The van der Waals surface area contributed by atoms with Gasteiger partial charge in [0.2, 0.25) is 0 Å². The minimum absolute atomic E-state index is 0.356. The van der Waals surface area contributed by atoms with Crippen LogP contribution in [0.15, 0.2) is 24.3 Å². The van der Waals surface area contributed by atoms with Crippen molar-refractivity contribution in [1.29, 1.82) is 0 Å². The Morgan fingerprint density at radius 3 is 2.71 bits per heavy atom. The summed E-state index contributed by atoms with van der Waals surface area (Å²) in [4.78, 5) is 0. The molecule has 76 valence electrons. The Kier molecular flexibility index (Phi) is 3.37. The lowest BCUT2D eigenvalue weighted by Crippen LogP contribution is -2.41. The van der Waals surface area contributed by atoms with Gasteiger partial charge in [-0.05, 0) is 18.6 Å². The molecule has 0 bridgehead atoms. The van der Waals surface area contributed by atoms with E-state index in [1.807, 2.05) is 30.0 Å². The maximum Gasteiger partial charge on any atom is 0.0453 e. The number of hydrogen-bond donors (Lipinski definition) is 1. The molecule has 1 atom stereocenters. The van der Waals surface area contributed by atoms with E-state index in [1.165, 1.54) is 17.1 Å². The van der Waals surface area contributed by atoms with Crippen molar-refractivity contribution in [1.82, 2.24) is 5.32 Å². The van der Waals surface area contributed by atoms with Gasteiger partial charge in [0.25, 0.3) is 0 Å². The van der Waals surface area contributed by atoms with Crippen LogP contribution in [0.1, 0.15) is 18.5 Å². The molecule has 0 radical (unpaired) electrons. The Morgan fingerprint density at radius 2 is 2.14 bits per heavy atom. The predicted molar refractivity (Wildman–Crippen MR) is 64.1 cm³/mol. The van der Waals surface area contributed by atoms with Crippen molar-refractivity contribution in [2.24, 2.45) is 0 Å². The molecule has 1 nitrogen and oxygen atoms in total. The standard InChI is InChI=1S/C11H14ClNS/c1-8(13-9-6-14-7-9)10-4-2-3-5-11(10)12/h2-5,8-9,13H,6-7H2,1H3/t8-/m0/s1. The Bertz CT molecular complexity index is 312. The number of halogens is 1. The van der Waals surface area contributed by atoms with Crippen LogP contribution in [0.5, 0.6) is 0 Å². The van der Waals surface area contributed by atoms with E-state index in [0.29, 0.717) is 12.1 Å². The maximum atomic E-state index is 6.12. The van der Waals surface area contributed by atoms with E-state index in [9.17, 15) is 0 Å². The van der Waals surface area contributed by atoms with Crippen LogP contribution in [0.3, 0.4) is 0 Å². The summed E-state index contributed by atoms with van der Waals surface area (Å²) in [6, 6.07) is 9.07. The largest absolute Gasteiger partial charge is 0.306 e. The first-order valence-corrected chi connectivity index (χ1v) is 6.39. The molecule has 3 heteroatoms. The molecule has 1 aliphatic rings. The van der Waals surface area contributed by atoms with Crippen LogP contribution >= 0.6 is 23.4 Å². The molecule has 1 aromatic rings. The molecule has 0 unspecified atom stereocenters. The van der Waals surface area contributed by atoms with Gasteiger partial charge in [-0.3, -0.25) is 0 Å². The van der Waals surface area contributed by atoms with E-state index in [2.05, 4.69) is 18.3 Å². The van der Waals surface area contributed by atoms with Crippen molar-refractivity contribution in [2.45, 2.75) is 19.0 Å². The molecule has 14 heavy (non-hydrogen) atoms. The lowest BCUT2D eigenvalue weighted by Gasteiger charge is -2.30. The fourth-order valence-electron chi connectivity index (χ4n) is 1.60. The number of benzene rings is 1. The summed E-state index contributed by atoms with van der Waals surface area (Å²) in [6.45, 7) is 2.17. The summed E-state index contributed by atoms with van der Waals surface area (Å²) in [5.41, 5.74) is 1.20. The Morgan fingerprint density at radius 1 is 1.43 bits per heavy atom. The maximum absolute atomic E-state index is 6.12. The summed E-state index contributed by atoms with van der Waals surface area (Å²) < 4.78 is 0. The fourth-order valence-corrected chi connectivity index (χ4v) is 2.56. The molecule has 2 rings (SSSR count). The van der Waals surface area contributed by atoms with Crippen molar-refractivity contribution < 1.29 is 0 Å². The zero-order valence-electron chi connectivity index (χ0n) is 8.16. The van der Waals surface area contributed by atoms with Gasteiger partial charge in [0.15, 0.2) is 0 Å². The van der Waals surface area contributed by atoms with E-state index < -0.39 is 0 Å². The van der Waals surface area contributed by atoms with Crippen LogP contribution in [-0.4, -0.2) is 17.5 Å². The lowest BCUT2D eigenvalue weighted by atomic mass is 10.1. The van der Waals surface area contributed by atoms with Gasteiger partial charge in [0, 0.05) is 28.6 Å². The molecule has 1 heterocycles. The molecule has 0 spiro atoms. The minimum atomic E-state index is 0.356. The van der Waals surface area contributed by atoms with E-state index in [4.69, 9.17) is 11.6 Å². The van der Waals surface area contributed by atoms with Gasteiger partial charge in [-0.15, -0.1) is 0 Å². The van der Waals surface area contributed by atoms with Gasteiger partial charge < -0.3 is 5.32 Å². The summed E-state index contributed by atoms with van der Waals surface area (Å²) in [5.74, 6) is 2.46. The van der Waals surface area contributed by atoms with Crippen molar-refractivity contribution >= 4 is 23.4 Å². The molecule has 1 aromatic carbocycles. The van der Waals surface area contributed by atoms with E-state index >= 15 is 0 Å². The van der Waals surface area contributed by atoms with Gasteiger partial charge >= 0.3 is 0 Å². The Balaban J connectivity index is 2.02. The Hall–Kier alpha value is -0.180. The second-order valence-corrected chi connectivity index (χ2v) is 5.13. The average Bonchev–Trinajstić information content (AvgIpc) is 2.12. The van der Waals surface area contributed by atoms with E-state index in [0.717, 1.165) is 5.02 Å². The second kappa shape index (κ2) is 4.56. The first kappa shape index (κ1) is 10.3. The summed E-state index contributed by atoms with van der Waals surface area (Å²) in [7, 11) is 0. The Labute approximate surface area is 94.2 Å². The van der Waals surface area contributed by atoms with Crippen LogP contribution in [-0.2, 0) is 0 Å². The van der Waals surface area contributed by atoms with Gasteiger partial charge in [-0.25, -0.2) is 0 Å². The summed E-state index contributed by atoms with van der Waals surface area (Å²) >= 11 is 8.11. The number of rotatable bonds is 3. The van der Waals surface area contributed by atoms with Crippen molar-refractivity contribution in [3.05, 3.63) is 34.9 Å². The van der Waals surface area contributed by atoms with Gasteiger partial charge in [0.05, 0.1) is 0 Å². The summed E-state index contributed by atoms with van der Waals surface area (Å²) in [6.07, 6.45) is 0. The number of hydrogen-bond acceptors (Lipinski definition) is 2. The van der Waals surface area contributed by atoms with Gasteiger partial charge in [-0.1, -0.05) is 29.8 Å². The van der Waals surface area contributed by atoms with Crippen LogP contribution in [0.4, 0.5) is 0 Å². The van der Waals surface area contributed by atoms with Crippen LogP contribution in [0.25, 0.3) is 0 Å². The summed E-state index contributed by atoms with van der Waals surface area (Å²) in [5, 5.41) is 4.43. The molecule has 0 amide bonds. The fraction of sp³-hybridized carbons (Fsp3) is 0.455. The normalized spacial score (nSPS) is 19.0. The molecular formula is C11H14ClNS. The smallest absolute Gasteiger partial charge is 0.0453 e. The molecule has 0 saturated carbocycles. The minimum Gasteiger partial charge on any atom is -0.306 e. The van der Waals surface area contributed by atoms with Crippen LogP contribution < -0.4 is 5.32 Å². The quantitative estimate of drug-likeness (QED) is 0.852.